The molecule has 0 aliphatic carbocycles. The van der Waals surface area contributed by atoms with Crippen LogP contribution in [-0.4, -0.2) is 20.4 Å². The summed E-state index contributed by atoms with van der Waals surface area (Å²) in [6, 6.07) is 22.0. The molecule has 3 aromatic rings. The number of hydrogen-bond acceptors (Lipinski definition) is 4. The third-order valence-electron chi connectivity index (χ3n) is 4.22. The molecule has 3 rings (SSSR count). The predicted octanol–water partition coefficient (Wildman–Crippen LogP) is 4.20. The van der Waals surface area contributed by atoms with E-state index in [1.54, 1.807) is 42.5 Å². The number of benzene rings is 3. The molecule has 0 saturated carbocycles. The molecule has 7 heteroatoms. The number of anilines is 1. The number of para-hydroxylation sites is 1. The van der Waals surface area contributed by atoms with Gasteiger partial charge in [-0.15, -0.1) is 0 Å². The van der Waals surface area contributed by atoms with Crippen molar-refractivity contribution in [1.29, 1.82) is 0 Å². The maximum Gasteiger partial charge on any atom is 0.261 e. The number of carbonyl (C=O) groups is 1. The van der Waals surface area contributed by atoms with Crippen molar-refractivity contribution in [3.05, 3.63) is 90.0 Å². The molecule has 0 heterocycles. The monoisotopic (exact) mass is 424 g/mol. The lowest BCUT2D eigenvalue weighted by Gasteiger charge is -2.13. The van der Waals surface area contributed by atoms with Gasteiger partial charge in [-0.2, -0.15) is 0 Å². The van der Waals surface area contributed by atoms with Crippen molar-refractivity contribution in [2.75, 3.05) is 4.72 Å². The molecular formula is C23H24N2O4S. The summed E-state index contributed by atoms with van der Waals surface area (Å²) in [7, 11) is -3.80. The van der Waals surface area contributed by atoms with Gasteiger partial charge in [0.15, 0.2) is 0 Å². The van der Waals surface area contributed by atoms with Crippen LogP contribution in [0.3, 0.4) is 0 Å². The largest absolute Gasteiger partial charge is 0.491 e. The van der Waals surface area contributed by atoms with Crippen LogP contribution < -0.4 is 14.8 Å². The van der Waals surface area contributed by atoms with Gasteiger partial charge in [-0.25, -0.2) is 8.42 Å². The standard InChI is InChI=1S/C23H24N2O4S/c1-17(2)29-19-14-12-18(13-15-19)16-24-23(26)21-10-6-7-11-22(21)25-30(27,28)20-8-4-3-5-9-20/h3-15,17,25H,16H2,1-2H3,(H,24,26). The van der Waals surface area contributed by atoms with Crippen molar-refractivity contribution < 1.29 is 17.9 Å². The Bertz CT molecular complexity index is 1100. The maximum atomic E-state index is 12.7. The number of amides is 1. The summed E-state index contributed by atoms with van der Waals surface area (Å²) in [5.74, 6) is 0.393. The van der Waals surface area contributed by atoms with Crippen molar-refractivity contribution in [2.24, 2.45) is 0 Å². The van der Waals surface area contributed by atoms with E-state index >= 15 is 0 Å². The highest BCUT2D eigenvalue weighted by Crippen LogP contribution is 2.20. The minimum Gasteiger partial charge on any atom is -0.491 e. The second-order valence-electron chi connectivity index (χ2n) is 6.96. The summed E-state index contributed by atoms with van der Waals surface area (Å²) in [5.41, 5.74) is 1.37. The number of ether oxygens (including phenoxy) is 1. The molecule has 156 valence electrons. The van der Waals surface area contributed by atoms with E-state index in [-0.39, 0.29) is 28.2 Å². The van der Waals surface area contributed by atoms with Crippen LogP contribution in [-0.2, 0) is 16.6 Å². The Kier molecular flexibility index (Phi) is 6.74. The van der Waals surface area contributed by atoms with Crippen molar-refractivity contribution in [3.63, 3.8) is 0 Å². The van der Waals surface area contributed by atoms with Gasteiger partial charge in [-0.05, 0) is 55.8 Å². The van der Waals surface area contributed by atoms with Gasteiger partial charge in [-0.3, -0.25) is 9.52 Å². The molecule has 3 aromatic carbocycles. The summed E-state index contributed by atoms with van der Waals surface area (Å²) in [4.78, 5) is 12.8. The molecule has 30 heavy (non-hydrogen) atoms. The summed E-state index contributed by atoms with van der Waals surface area (Å²) in [6.45, 7) is 4.22. The molecule has 0 atom stereocenters. The first-order valence-corrected chi connectivity index (χ1v) is 11.0. The van der Waals surface area contributed by atoms with Crippen LogP contribution in [0.4, 0.5) is 5.69 Å². The molecule has 0 aliphatic heterocycles. The molecule has 1 amide bonds. The average molecular weight is 425 g/mol. The predicted molar refractivity (Wildman–Crippen MR) is 117 cm³/mol. The van der Waals surface area contributed by atoms with E-state index in [0.717, 1.165) is 11.3 Å². The van der Waals surface area contributed by atoms with E-state index in [2.05, 4.69) is 10.0 Å². The van der Waals surface area contributed by atoms with E-state index in [1.165, 1.54) is 12.1 Å². The van der Waals surface area contributed by atoms with E-state index in [0.29, 0.717) is 6.54 Å². The van der Waals surface area contributed by atoms with E-state index in [9.17, 15) is 13.2 Å². The maximum absolute atomic E-state index is 12.7. The van der Waals surface area contributed by atoms with Gasteiger partial charge in [0.1, 0.15) is 5.75 Å². The fraction of sp³-hybridized carbons (Fsp3) is 0.174. The highest BCUT2D eigenvalue weighted by Gasteiger charge is 2.18. The van der Waals surface area contributed by atoms with Crippen LogP contribution in [0.15, 0.2) is 83.8 Å². The zero-order chi connectivity index (χ0) is 21.6. The van der Waals surface area contributed by atoms with Gasteiger partial charge in [0.2, 0.25) is 0 Å². The highest BCUT2D eigenvalue weighted by molar-refractivity contribution is 7.92. The highest BCUT2D eigenvalue weighted by atomic mass is 32.2. The topological polar surface area (TPSA) is 84.5 Å². The van der Waals surface area contributed by atoms with E-state index in [4.69, 9.17) is 4.74 Å². The third kappa shape index (κ3) is 5.61. The molecule has 0 aromatic heterocycles. The smallest absolute Gasteiger partial charge is 0.261 e. The fourth-order valence-electron chi connectivity index (χ4n) is 2.81. The molecule has 0 fully saturated rings. The van der Waals surface area contributed by atoms with Crippen molar-refractivity contribution in [3.8, 4) is 5.75 Å². The first kappa shape index (κ1) is 21.4. The SMILES string of the molecule is CC(C)Oc1ccc(CNC(=O)c2ccccc2NS(=O)(=O)c2ccccc2)cc1. The van der Waals surface area contributed by atoms with Crippen molar-refractivity contribution in [1.82, 2.24) is 5.32 Å². The van der Waals surface area contributed by atoms with Gasteiger partial charge in [0.05, 0.1) is 22.3 Å². The number of rotatable bonds is 8. The Morgan fingerprint density at radius 1 is 0.900 bits per heavy atom. The van der Waals surface area contributed by atoms with Crippen LogP contribution in [0.5, 0.6) is 5.75 Å². The number of hydrogen-bond donors (Lipinski definition) is 2. The lowest BCUT2D eigenvalue weighted by Crippen LogP contribution is -2.25. The van der Waals surface area contributed by atoms with Crippen molar-refractivity contribution >= 4 is 21.6 Å². The Morgan fingerprint density at radius 2 is 1.53 bits per heavy atom. The molecule has 6 nitrogen and oxygen atoms in total. The van der Waals surface area contributed by atoms with Crippen molar-refractivity contribution in [2.45, 2.75) is 31.4 Å². The first-order chi connectivity index (χ1) is 14.3. The number of carbonyl (C=O) groups excluding carboxylic acids is 1. The Balaban J connectivity index is 1.70. The minimum absolute atomic E-state index is 0.0896. The first-order valence-electron chi connectivity index (χ1n) is 9.56. The van der Waals surface area contributed by atoms with Gasteiger partial charge >= 0.3 is 0 Å². The minimum atomic E-state index is -3.80. The van der Waals surface area contributed by atoms with Crippen LogP contribution in [0, 0.1) is 0 Å². The molecular weight excluding hydrogens is 400 g/mol. The normalized spacial score (nSPS) is 11.2. The fourth-order valence-corrected chi connectivity index (χ4v) is 3.91. The lowest BCUT2D eigenvalue weighted by molar-refractivity contribution is 0.0952. The van der Waals surface area contributed by atoms with E-state index < -0.39 is 10.0 Å². The molecule has 0 aliphatic rings. The van der Waals surface area contributed by atoms with Crippen LogP contribution >= 0.6 is 0 Å². The number of nitrogens with one attached hydrogen (secondary N) is 2. The summed E-state index contributed by atoms with van der Waals surface area (Å²) in [5, 5.41) is 2.83. The second-order valence-corrected chi connectivity index (χ2v) is 8.64. The zero-order valence-electron chi connectivity index (χ0n) is 16.8. The molecule has 0 unspecified atom stereocenters. The molecule has 0 bridgehead atoms. The average Bonchev–Trinajstić information content (AvgIpc) is 2.73. The van der Waals surface area contributed by atoms with E-state index in [1.807, 2.05) is 38.1 Å². The lowest BCUT2D eigenvalue weighted by atomic mass is 10.1. The summed E-state index contributed by atoms with van der Waals surface area (Å²) in [6.07, 6.45) is 0.0896. The van der Waals surface area contributed by atoms with Gasteiger partial charge in [0.25, 0.3) is 15.9 Å². The summed E-state index contributed by atoms with van der Waals surface area (Å²) >= 11 is 0. The quantitative estimate of drug-likeness (QED) is 0.567. The Morgan fingerprint density at radius 3 is 2.20 bits per heavy atom. The van der Waals surface area contributed by atoms with Crippen LogP contribution in [0.2, 0.25) is 0 Å². The molecule has 2 N–H and O–H groups in total. The van der Waals surface area contributed by atoms with Crippen LogP contribution in [0.1, 0.15) is 29.8 Å². The Hall–Kier alpha value is -3.32. The third-order valence-corrected chi connectivity index (χ3v) is 5.60. The van der Waals surface area contributed by atoms with Gasteiger partial charge in [0, 0.05) is 6.54 Å². The van der Waals surface area contributed by atoms with Crippen LogP contribution in [0.25, 0.3) is 0 Å². The second kappa shape index (κ2) is 9.45. The Labute approximate surface area is 177 Å². The molecule has 0 radical (unpaired) electrons. The summed E-state index contributed by atoms with van der Waals surface area (Å²) < 4.78 is 33.3. The number of sulfonamides is 1. The zero-order valence-corrected chi connectivity index (χ0v) is 17.6. The molecule has 0 spiro atoms. The van der Waals surface area contributed by atoms with Gasteiger partial charge in [-0.1, -0.05) is 42.5 Å². The van der Waals surface area contributed by atoms with Gasteiger partial charge < -0.3 is 10.1 Å². The molecule has 0 saturated heterocycles.